The Balaban J connectivity index is 2.09. The molecule has 0 spiro atoms. The molecule has 0 amide bonds. The van der Waals surface area contributed by atoms with Crippen LogP contribution in [0.3, 0.4) is 0 Å². The number of hydrogen-bond acceptors (Lipinski definition) is 3. The van der Waals surface area contributed by atoms with E-state index in [0.717, 1.165) is 26.8 Å². The van der Waals surface area contributed by atoms with Crippen molar-refractivity contribution in [2.45, 2.75) is 6.04 Å². The molecule has 0 saturated heterocycles. The van der Waals surface area contributed by atoms with Gasteiger partial charge in [-0.3, -0.25) is 5.84 Å². The molecule has 1 aromatic heterocycles. The molecule has 0 bridgehead atoms. The number of hydrazine groups is 1. The Morgan fingerprint density at radius 1 is 1.05 bits per heavy atom. The first kappa shape index (κ1) is 12.4. The van der Waals surface area contributed by atoms with Crippen LogP contribution in [-0.4, -0.2) is 0 Å². The van der Waals surface area contributed by atoms with Gasteiger partial charge in [-0.15, -0.1) is 0 Å². The molecular formula is C15H13BrN2O. The number of halogens is 1. The number of nitrogens with two attached hydrogens (primary N) is 1. The predicted octanol–water partition coefficient (Wildman–Crippen LogP) is 3.75. The molecule has 19 heavy (non-hydrogen) atoms. The zero-order chi connectivity index (χ0) is 13.2. The van der Waals surface area contributed by atoms with Crippen molar-refractivity contribution in [3.63, 3.8) is 0 Å². The fourth-order valence-electron chi connectivity index (χ4n) is 2.18. The monoisotopic (exact) mass is 316 g/mol. The van der Waals surface area contributed by atoms with E-state index in [9.17, 15) is 0 Å². The molecule has 0 aliphatic rings. The van der Waals surface area contributed by atoms with Crippen LogP contribution < -0.4 is 11.3 Å². The summed E-state index contributed by atoms with van der Waals surface area (Å²) in [6.07, 6.45) is 0. The number of furan rings is 1. The second kappa shape index (κ2) is 5.17. The highest BCUT2D eigenvalue weighted by Gasteiger charge is 2.17. The van der Waals surface area contributed by atoms with Crippen molar-refractivity contribution < 1.29 is 4.42 Å². The van der Waals surface area contributed by atoms with Crippen LogP contribution in [0.4, 0.5) is 0 Å². The molecule has 1 atom stereocenters. The molecular weight excluding hydrogens is 304 g/mol. The lowest BCUT2D eigenvalue weighted by molar-refractivity contribution is 0.476. The number of hydrogen-bond donors (Lipinski definition) is 2. The van der Waals surface area contributed by atoms with Gasteiger partial charge in [0.1, 0.15) is 17.4 Å². The summed E-state index contributed by atoms with van der Waals surface area (Å²) in [6, 6.07) is 17.8. The second-order valence-electron chi connectivity index (χ2n) is 4.32. The van der Waals surface area contributed by atoms with Crippen molar-refractivity contribution in [1.82, 2.24) is 5.43 Å². The van der Waals surface area contributed by atoms with Crippen molar-refractivity contribution >= 4 is 26.9 Å². The smallest absolute Gasteiger partial charge is 0.148 e. The first-order valence-electron chi connectivity index (χ1n) is 5.98. The van der Waals surface area contributed by atoms with E-state index >= 15 is 0 Å². The fraction of sp³-hybridized carbons (Fsp3) is 0.0667. The normalized spacial score (nSPS) is 12.7. The third-order valence-electron chi connectivity index (χ3n) is 3.10. The van der Waals surface area contributed by atoms with Crippen LogP contribution in [0.2, 0.25) is 0 Å². The highest BCUT2D eigenvalue weighted by atomic mass is 79.9. The average molecular weight is 317 g/mol. The van der Waals surface area contributed by atoms with Crippen molar-refractivity contribution in [3.05, 3.63) is 70.4 Å². The topological polar surface area (TPSA) is 51.2 Å². The molecule has 3 nitrogen and oxygen atoms in total. The summed E-state index contributed by atoms with van der Waals surface area (Å²) in [6.45, 7) is 0. The van der Waals surface area contributed by atoms with Crippen LogP contribution in [0.1, 0.15) is 17.4 Å². The first-order chi connectivity index (χ1) is 9.29. The molecule has 0 aliphatic heterocycles. The number of para-hydroxylation sites is 1. The summed E-state index contributed by atoms with van der Waals surface area (Å²) in [5.74, 6) is 6.48. The third-order valence-corrected chi connectivity index (χ3v) is 3.72. The summed E-state index contributed by atoms with van der Waals surface area (Å²) in [4.78, 5) is 0. The minimum Gasteiger partial charge on any atom is -0.458 e. The van der Waals surface area contributed by atoms with Crippen molar-refractivity contribution in [2.24, 2.45) is 5.84 Å². The Morgan fingerprint density at radius 2 is 1.84 bits per heavy atom. The zero-order valence-corrected chi connectivity index (χ0v) is 11.7. The molecule has 4 heteroatoms. The lowest BCUT2D eigenvalue weighted by atomic mass is 10.1. The minimum atomic E-state index is -0.152. The number of fused-ring (bicyclic) bond motifs is 1. The van der Waals surface area contributed by atoms with Crippen LogP contribution in [0.25, 0.3) is 11.0 Å². The number of nitrogens with one attached hydrogen (secondary N) is 1. The lowest BCUT2D eigenvalue weighted by Gasteiger charge is -2.13. The van der Waals surface area contributed by atoms with Crippen LogP contribution >= 0.6 is 15.9 Å². The van der Waals surface area contributed by atoms with Crippen LogP contribution in [0.15, 0.2) is 63.5 Å². The van der Waals surface area contributed by atoms with Gasteiger partial charge < -0.3 is 4.42 Å². The van der Waals surface area contributed by atoms with Gasteiger partial charge in [-0.1, -0.05) is 42.5 Å². The maximum Gasteiger partial charge on any atom is 0.148 e. The van der Waals surface area contributed by atoms with Crippen LogP contribution in [0.5, 0.6) is 0 Å². The van der Waals surface area contributed by atoms with Gasteiger partial charge in [0.05, 0.1) is 4.47 Å². The van der Waals surface area contributed by atoms with E-state index in [1.165, 1.54) is 0 Å². The zero-order valence-electron chi connectivity index (χ0n) is 10.1. The van der Waals surface area contributed by atoms with Gasteiger partial charge in [-0.2, -0.15) is 0 Å². The van der Waals surface area contributed by atoms with E-state index < -0.39 is 0 Å². The van der Waals surface area contributed by atoms with E-state index in [1.807, 2.05) is 54.6 Å². The Morgan fingerprint density at radius 3 is 2.53 bits per heavy atom. The van der Waals surface area contributed by atoms with E-state index in [2.05, 4.69) is 21.4 Å². The molecule has 3 aromatic rings. The van der Waals surface area contributed by atoms with Crippen molar-refractivity contribution in [2.75, 3.05) is 0 Å². The highest BCUT2D eigenvalue weighted by Crippen LogP contribution is 2.31. The Kier molecular flexibility index (Phi) is 3.38. The van der Waals surface area contributed by atoms with Crippen molar-refractivity contribution in [3.8, 4) is 0 Å². The summed E-state index contributed by atoms with van der Waals surface area (Å²) in [5, 5.41) is 1.06. The van der Waals surface area contributed by atoms with E-state index in [4.69, 9.17) is 10.3 Å². The molecule has 1 heterocycles. The van der Waals surface area contributed by atoms with Crippen LogP contribution in [-0.2, 0) is 0 Å². The lowest BCUT2D eigenvalue weighted by Crippen LogP contribution is -2.28. The predicted molar refractivity (Wildman–Crippen MR) is 79.5 cm³/mol. The maximum atomic E-state index is 5.92. The fourth-order valence-corrected chi connectivity index (χ4v) is 2.64. The minimum absolute atomic E-state index is 0.152. The molecule has 2 aromatic carbocycles. The van der Waals surface area contributed by atoms with E-state index in [0.29, 0.717) is 0 Å². The van der Waals surface area contributed by atoms with Gasteiger partial charge in [0.25, 0.3) is 0 Å². The van der Waals surface area contributed by atoms with E-state index in [-0.39, 0.29) is 6.04 Å². The summed E-state index contributed by atoms with van der Waals surface area (Å²) < 4.78 is 6.86. The standard InChI is InChI=1S/C15H13BrN2O/c16-12-8-4-7-11-9-13(19-15(11)12)14(18-17)10-5-2-1-3-6-10/h1-9,14,18H,17H2. The first-order valence-corrected chi connectivity index (χ1v) is 6.78. The quantitative estimate of drug-likeness (QED) is 0.571. The van der Waals surface area contributed by atoms with E-state index in [1.54, 1.807) is 0 Å². The summed E-state index contributed by atoms with van der Waals surface area (Å²) >= 11 is 3.49. The molecule has 96 valence electrons. The second-order valence-corrected chi connectivity index (χ2v) is 5.17. The third kappa shape index (κ3) is 2.30. The maximum absolute atomic E-state index is 5.92. The van der Waals surface area contributed by atoms with Gasteiger partial charge >= 0.3 is 0 Å². The van der Waals surface area contributed by atoms with Gasteiger partial charge in [-0.05, 0) is 33.6 Å². The molecule has 0 fully saturated rings. The highest BCUT2D eigenvalue weighted by molar-refractivity contribution is 9.10. The Bertz CT molecular complexity index is 694. The molecule has 0 saturated carbocycles. The molecule has 0 aliphatic carbocycles. The van der Waals surface area contributed by atoms with Gasteiger partial charge in [0.2, 0.25) is 0 Å². The molecule has 3 N–H and O–H groups in total. The molecule has 1 unspecified atom stereocenters. The van der Waals surface area contributed by atoms with Gasteiger partial charge in [0, 0.05) is 5.39 Å². The van der Waals surface area contributed by atoms with Crippen molar-refractivity contribution in [1.29, 1.82) is 0 Å². The Labute approximate surface area is 119 Å². The average Bonchev–Trinajstić information content (AvgIpc) is 2.86. The van der Waals surface area contributed by atoms with Gasteiger partial charge in [-0.25, -0.2) is 5.43 Å². The largest absolute Gasteiger partial charge is 0.458 e. The van der Waals surface area contributed by atoms with Crippen LogP contribution in [0, 0.1) is 0 Å². The number of benzene rings is 2. The molecule has 0 radical (unpaired) electrons. The SMILES string of the molecule is NNC(c1ccccc1)c1cc2cccc(Br)c2o1. The molecule has 3 rings (SSSR count). The number of rotatable bonds is 3. The summed E-state index contributed by atoms with van der Waals surface area (Å²) in [7, 11) is 0. The van der Waals surface area contributed by atoms with Gasteiger partial charge in [0.15, 0.2) is 0 Å². The Hall–Kier alpha value is -1.62. The summed E-state index contributed by atoms with van der Waals surface area (Å²) in [5.41, 5.74) is 4.72.